The first-order valence-electron chi connectivity index (χ1n) is 10.1. The van der Waals surface area contributed by atoms with Crippen LogP contribution in [0.15, 0.2) is 73.3 Å². The number of aryl methyl sites for hydroxylation is 1. The third-order valence-electron chi connectivity index (χ3n) is 5.48. The Morgan fingerprint density at radius 2 is 1.87 bits per heavy atom. The van der Waals surface area contributed by atoms with Gasteiger partial charge in [0, 0.05) is 23.9 Å². The summed E-state index contributed by atoms with van der Waals surface area (Å²) >= 11 is 0. The Kier molecular flexibility index (Phi) is 4.06. The third kappa shape index (κ3) is 3.15. The number of pyridine rings is 1. The molecule has 148 valence electrons. The fourth-order valence-corrected chi connectivity index (χ4v) is 4.00. The Morgan fingerprint density at radius 1 is 0.935 bits per heavy atom. The van der Waals surface area contributed by atoms with Crippen LogP contribution in [-0.2, 0) is 6.42 Å². The quantitative estimate of drug-likeness (QED) is 0.423. The molecule has 1 aliphatic carbocycles. The van der Waals surface area contributed by atoms with Crippen molar-refractivity contribution in [1.82, 2.24) is 34.6 Å². The van der Waals surface area contributed by atoms with Crippen LogP contribution in [0.1, 0.15) is 40.5 Å². The van der Waals surface area contributed by atoms with Gasteiger partial charge >= 0.3 is 0 Å². The minimum atomic E-state index is 0.295. The Bertz CT molecular complexity index is 1450. The second-order valence-corrected chi connectivity index (χ2v) is 7.44. The van der Waals surface area contributed by atoms with Crippen LogP contribution >= 0.6 is 0 Å². The topological polar surface area (TPSA) is 73.8 Å². The number of nitrogens with zero attached hydrogens (tertiary/aromatic N) is 7. The van der Waals surface area contributed by atoms with E-state index < -0.39 is 0 Å². The molecule has 6 rings (SSSR count). The molecule has 0 saturated carbocycles. The molecule has 31 heavy (non-hydrogen) atoms. The van der Waals surface area contributed by atoms with Crippen molar-refractivity contribution >= 4 is 5.65 Å². The van der Waals surface area contributed by atoms with Crippen LogP contribution in [0.3, 0.4) is 0 Å². The highest BCUT2D eigenvalue weighted by atomic mass is 15.5. The van der Waals surface area contributed by atoms with Crippen LogP contribution in [0, 0.1) is 11.8 Å². The maximum Gasteiger partial charge on any atom is 0.154 e. The number of hydrogen-bond donors (Lipinski definition) is 0. The largest absolute Gasteiger partial charge is 0.261 e. The van der Waals surface area contributed by atoms with Crippen LogP contribution in [0.2, 0.25) is 0 Å². The lowest BCUT2D eigenvalue weighted by Crippen LogP contribution is -2.04. The van der Waals surface area contributed by atoms with Crippen molar-refractivity contribution in [3.63, 3.8) is 0 Å². The van der Waals surface area contributed by atoms with Crippen molar-refractivity contribution < 1.29 is 0 Å². The highest BCUT2D eigenvalue weighted by Gasteiger charge is 2.29. The highest BCUT2D eigenvalue weighted by Crippen LogP contribution is 2.36. The number of imidazole rings is 1. The summed E-state index contributed by atoms with van der Waals surface area (Å²) in [5.41, 5.74) is 6.46. The molecular weight excluding hydrogens is 386 g/mol. The van der Waals surface area contributed by atoms with Gasteiger partial charge in [-0.1, -0.05) is 36.3 Å². The molecule has 0 fully saturated rings. The molecule has 1 unspecified atom stereocenters. The first-order chi connectivity index (χ1) is 15.3. The van der Waals surface area contributed by atoms with Gasteiger partial charge in [0.15, 0.2) is 5.65 Å². The summed E-state index contributed by atoms with van der Waals surface area (Å²) in [4.78, 5) is 10.3. The van der Waals surface area contributed by atoms with Crippen LogP contribution in [0.5, 0.6) is 0 Å². The van der Waals surface area contributed by atoms with Gasteiger partial charge in [0.25, 0.3) is 0 Å². The molecular formula is C24H17N7. The fraction of sp³-hybridized carbons (Fsp3) is 0.125. The maximum absolute atomic E-state index is 4.80. The summed E-state index contributed by atoms with van der Waals surface area (Å²) in [6.45, 7) is 0. The molecule has 0 radical (unpaired) electrons. The fourth-order valence-electron chi connectivity index (χ4n) is 4.00. The lowest BCUT2D eigenvalue weighted by atomic mass is 9.97. The minimum Gasteiger partial charge on any atom is -0.261 e. The van der Waals surface area contributed by atoms with E-state index in [4.69, 9.17) is 10.2 Å². The minimum absolute atomic E-state index is 0.295. The zero-order chi connectivity index (χ0) is 20.6. The molecule has 1 aliphatic rings. The van der Waals surface area contributed by atoms with Crippen molar-refractivity contribution in [2.75, 3.05) is 0 Å². The van der Waals surface area contributed by atoms with E-state index in [1.54, 1.807) is 34.1 Å². The number of fused-ring (bicyclic) bond motifs is 2. The molecule has 4 heterocycles. The maximum atomic E-state index is 4.80. The van der Waals surface area contributed by atoms with E-state index in [0.29, 0.717) is 5.92 Å². The summed E-state index contributed by atoms with van der Waals surface area (Å²) in [5, 5.41) is 13.8. The summed E-state index contributed by atoms with van der Waals surface area (Å²) in [6.07, 6.45) is 8.91. The molecule has 0 bridgehead atoms. The Labute approximate surface area is 178 Å². The summed E-state index contributed by atoms with van der Waals surface area (Å²) in [7, 11) is 0. The SMILES string of the molecule is C(#Cc1cnc2cccnn12)c1cncc(-n2nc3c(n2)C(c2ccccc2)CC3)c1. The molecule has 0 N–H and O–H groups in total. The third-order valence-corrected chi connectivity index (χ3v) is 5.48. The Balaban J connectivity index is 1.32. The van der Waals surface area contributed by atoms with Gasteiger partial charge in [-0.25, -0.2) is 9.50 Å². The summed E-state index contributed by atoms with van der Waals surface area (Å²) in [5.74, 6) is 6.57. The lowest BCUT2D eigenvalue weighted by molar-refractivity contribution is 0.669. The first-order valence-corrected chi connectivity index (χ1v) is 10.1. The van der Waals surface area contributed by atoms with Gasteiger partial charge in [-0.05, 0) is 42.5 Å². The number of rotatable bonds is 2. The summed E-state index contributed by atoms with van der Waals surface area (Å²) < 4.78 is 1.72. The van der Waals surface area contributed by atoms with Crippen molar-refractivity contribution in [3.8, 4) is 17.5 Å². The van der Waals surface area contributed by atoms with E-state index in [0.717, 1.165) is 46.8 Å². The van der Waals surface area contributed by atoms with E-state index in [2.05, 4.69) is 51.2 Å². The van der Waals surface area contributed by atoms with Crippen LogP contribution in [0.25, 0.3) is 11.3 Å². The Morgan fingerprint density at radius 3 is 2.81 bits per heavy atom. The second kappa shape index (κ2) is 7.18. The van der Waals surface area contributed by atoms with E-state index in [-0.39, 0.29) is 0 Å². The smallest absolute Gasteiger partial charge is 0.154 e. The van der Waals surface area contributed by atoms with Crippen LogP contribution < -0.4 is 0 Å². The predicted molar refractivity (Wildman–Crippen MR) is 115 cm³/mol. The van der Waals surface area contributed by atoms with Crippen LogP contribution in [0.4, 0.5) is 0 Å². The zero-order valence-electron chi connectivity index (χ0n) is 16.6. The molecule has 1 atom stereocenters. The van der Waals surface area contributed by atoms with Gasteiger partial charge in [-0.2, -0.15) is 15.3 Å². The van der Waals surface area contributed by atoms with Gasteiger partial charge in [0.2, 0.25) is 0 Å². The predicted octanol–water partition coefficient (Wildman–Crippen LogP) is 3.18. The number of benzene rings is 1. The average Bonchev–Trinajstić information content (AvgIpc) is 3.53. The molecule has 5 aromatic rings. The average molecular weight is 403 g/mol. The molecule has 0 aliphatic heterocycles. The first kappa shape index (κ1) is 17.5. The molecule has 7 nitrogen and oxygen atoms in total. The molecule has 1 aromatic carbocycles. The van der Waals surface area contributed by atoms with Gasteiger partial charge in [0.1, 0.15) is 11.4 Å². The monoisotopic (exact) mass is 403 g/mol. The summed E-state index contributed by atoms with van der Waals surface area (Å²) in [6, 6.07) is 16.2. The van der Waals surface area contributed by atoms with Gasteiger partial charge in [0.05, 0.1) is 23.8 Å². The molecule has 7 heteroatoms. The normalized spacial score (nSPS) is 14.9. The molecule has 4 aromatic heterocycles. The standard InChI is InChI=1S/C24H17N7/c1-2-5-18(6-3-1)21-10-11-22-24(21)29-31(28-22)20-13-17(14-25-15-20)8-9-19-16-26-23-7-4-12-27-30(19)23/h1-7,12-16,21H,10-11H2. The van der Waals surface area contributed by atoms with E-state index in [9.17, 15) is 0 Å². The number of hydrogen-bond acceptors (Lipinski definition) is 5. The van der Waals surface area contributed by atoms with Crippen LogP contribution in [-0.4, -0.2) is 34.6 Å². The van der Waals surface area contributed by atoms with E-state index in [1.807, 2.05) is 24.3 Å². The van der Waals surface area contributed by atoms with Gasteiger partial charge < -0.3 is 0 Å². The van der Waals surface area contributed by atoms with E-state index in [1.165, 1.54) is 5.56 Å². The van der Waals surface area contributed by atoms with Crippen molar-refractivity contribution in [2.24, 2.45) is 0 Å². The van der Waals surface area contributed by atoms with Gasteiger partial charge in [-0.3, -0.25) is 4.98 Å². The second-order valence-electron chi connectivity index (χ2n) is 7.44. The van der Waals surface area contributed by atoms with Gasteiger partial charge in [-0.15, -0.1) is 4.80 Å². The molecule has 0 saturated heterocycles. The number of aromatic nitrogens is 7. The Hall–Kier alpha value is -4.31. The van der Waals surface area contributed by atoms with E-state index >= 15 is 0 Å². The lowest BCUT2D eigenvalue weighted by Gasteiger charge is -2.09. The van der Waals surface area contributed by atoms with Crippen molar-refractivity contribution in [2.45, 2.75) is 18.8 Å². The van der Waals surface area contributed by atoms with Crippen molar-refractivity contribution in [1.29, 1.82) is 0 Å². The van der Waals surface area contributed by atoms with Crippen molar-refractivity contribution in [3.05, 3.63) is 102 Å². The zero-order valence-corrected chi connectivity index (χ0v) is 16.6. The molecule has 0 spiro atoms. The molecule has 0 amide bonds. The highest BCUT2D eigenvalue weighted by molar-refractivity contribution is 5.47.